The molecular formula is C10H8BrFO2. The van der Waals surface area contributed by atoms with Crippen LogP contribution < -0.4 is 0 Å². The van der Waals surface area contributed by atoms with E-state index in [1.807, 2.05) is 0 Å². The third-order valence-corrected chi connectivity index (χ3v) is 2.74. The van der Waals surface area contributed by atoms with Gasteiger partial charge in [0, 0.05) is 10.5 Å². The van der Waals surface area contributed by atoms with Gasteiger partial charge < -0.3 is 5.11 Å². The van der Waals surface area contributed by atoms with Crippen molar-refractivity contribution in [3.05, 3.63) is 39.6 Å². The second-order valence-corrected chi connectivity index (χ2v) is 3.59. The van der Waals surface area contributed by atoms with Gasteiger partial charge in [0.2, 0.25) is 0 Å². The number of rotatable bonds is 2. The predicted octanol–water partition coefficient (Wildman–Crippen LogP) is 2.99. The molecule has 1 rings (SSSR count). The summed E-state index contributed by atoms with van der Waals surface area (Å²) in [6.07, 6.45) is 2.32. The molecule has 4 heteroatoms. The van der Waals surface area contributed by atoms with Gasteiger partial charge in [-0.15, -0.1) is 0 Å². The minimum atomic E-state index is -1.06. The van der Waals surface area contributed by atoms with Crippen LogP contribution in [0.4, 0.5) is 4.39 Å². The molecule has 0 amide bonds. The van der Waals surface area contributed by atoms with Crippen molar-refractivity contribution in [1.82, 2.24) is 0 Å². The topological polar surface area (TPSA) is 37.3 Å². The Morgan fingerprint density at radius 1 is 1.57 bits per heavy atom. The fraction of sp³-hybridized carbons (Fsp3) is 0.100. The summed E-state index contributed by atoms with van der Waals surface area (Å²) in [5, 5.41) is 8.41. The average molecular weight is 259 g/mol. The lowest BCUT2D eigenvalue weighted by Crippen LogP contribution is -1.88. The summed E-state index contributed by atoms with van der Waals surface area (Å²) in [4.78, 5) is 10.3. The number of halogens is 2. The SMILES string of the molecule is Cc1cc(F)cc(/C=C/C(=O)O)c1Br. The predicted molar refractivity (Wildman–Crippen MR) is 55.5 cm³/mol. The Balaban J connectivity index is 3.14. The van der Waals surface area contributed by atoms with Gasteiger partial charge >= 0.3 is 5.97 Å². The van der Waals surface area contributed by atoms with Gasteiger partial charge in [0.25, 0.3) is 0 Å². The summed E-state index contributed by atoms with van der Waals surface area (Å²) in [6, 6.07) is 2.65. The van der Waals surface area contributed by atoms with E-state index in [9.17, 15) is 9.18 Å². The number of hydrogen-bond acceptors (Lipinski definition) is 1. The summed E-state index contributed by atoms with van der Waals surface area (Å²) in [5.41, 5.74) is 1.25. The van der Waals surface area contributed by atoms with Gasteiger partial charge in [-0.3, -0.25) is 0 Å². The summed E-state index contributed by atoms with van der Waals surface area (Å²) in [5.74, 6) is -1.44. The molecule has 74 valence electrons. The normalized spacial score (nSPS) is 10.8. The highest BCUT2D eigenvalue weighted by Gasteiger charge is 2.03. The van der Waals surface area contributed by atoms with Crippen molar-refractivity contribution in [2.45, 2.75) is 6.92 Å². The monoisotopic (exact) mass is 258 g/mol. The fourth-order valence-electron chi connectivity index (χ4n) is 1.03. The van der Waals surface area contributed by atoms with Gasteiger partial charge in [-0.1, -0.05) is 0 Å². The minimum absolute atomic E-state index is 0.379. The molecule has 0 aromatic heterocycles. The first-order valence-electron chi connectivity index (χ1n) is 3.87. The van der Waals surface area contributed by atoms with Crippen LogP contribution in [-0.4, -0.2) is 11.1 Å². The molecule has 0 spiro atoms. The lowest BCUT2D eigenvalue weighted by Gasteiger charge is -2.02. The Morgan fingerprint density at radius 2 is 2.21 bits per heavy atom. The molecule has 1 aromatic carbocycles. The van der Waals surface area contributed by atoms with Crippen LogP contribution in [-0.2, 0) is 4.79 Å². The molecule has 0 bridgehead atoms. The van der Waals surface area contributed by atoms with Crippen LogP contribution in [0.5, 0.6) is 0 Å². The van der Waals surface area contributed by atoms with E-state index in [4.69, 9.17) is 5.11 Å². The number of carboxylic acids is 1. The summed E-state index contributed by atoms with van der Waals surface area (Å²) in [6.45, 7) is 1.74. The number of aliphatic carboxylic acids is 1. The second-order valence-electron chi connectivity index (χ2n) is 2.80. The van der Waals surface area contributed by atoms with Crippen LogP contribution in [0.2, 0.25) is 0 Å². The van der Waals surface area contributed by atoms with Crippen LogP contribution in [0.1, 0.15) is 11.1 Å². The molecule has 0 saturated heterocycles. The fourth-order valence-corrected chi connectivity index (χ4v) is 1.39. The second kappa shape index (κ2) is 4.37. The van der Waals surface area contributed by atoms with Crippen LogP contribution in [0, 0.1) is 12.7 Å². The lowest BCUT2D eigenvalue weighted by molar-refractivity contribution is -0.131. The van der Waals surface area contributed by atoms with Gasteiger partial charge in [-0.05, 0) is 52.2 Å². The number of hydrogen-bond donors (Lipinski definition) is 1. The van der Waals surface area contributed by atoms with E-state index >= 15 is 0 Å². The van der Waals surface area contributed by atoms with Gasteiger partial charge in [-0.25, -0.2) is 9.18 Å². The summed E-state index contributed by atoms with van der Waals surface area (Å²) < 4.78 is 13.6. The summed E-state index contributed by atoms with van der Waals surface area (Å²) >= 11 is 3.25. The highest BCUT2D eigenvalue weighted by Crippen LogP contribution is 2.23. The van der Waals surface area contributed by atoms with E-state index in [-0.39, 0.29) is 5.82 Å². The molecule has 14 heavy (non-hydrogen) atoms. The molecule has 0 aliphatic rings. The quantitative estimate of drug-likeness (QED) is 0.829. The number of carboxylic acid groups (broad SMARTS) is 1. The minimum Gasteiger partial charge on any atom is -0.478 e. The molecule has 1 aromatic rings. The average Bonchev–Trinajstić information content (AvgIpc) is 2.08. The first-order chi connectivity index (χ1) is 6.50. The Morgan fingerprint density at radius 3 is 2.79 bits per heavy atom. The van der Waals surface area contributed by atoms with E-state index < -0.39 is 5.97 Å². The number of carbonyl (C=O) groups is 1. The van der Waals surface area contributed by atoms with Crippen molar-refractivity contribution >= 4 is 28.0 Å². The highest BCUT2D eigenvalue weighted by atomic mass is 79.9. The van der Waals surface area contributed by atoms with E-state index in [0.717, 1.165) is 11.6 Å². The maximum absolute atomic E-state index is 12.9. The molecule has 0 unspecified atom stereocenters. The standard InChI is InChI=1S/C10H8BrFO2/c1-6-4-8(12)5-7(10(6)11)2-3-9(13)14/h2-5H,1H3,(H,13,14)/b3-2+. The zero-order valence-corrected chi connectivity index (χ0v) is 9.01. The van der Waals surface area contributed by atoms with Gasteiger partial charge in [0.1, 0.15) is 5.82 Å². The number of aryl methyl sites for hydroxylation is 1. The molecule has 0 aliphatic carbocycles. The Hall–Kier alpha value is -1.16. The molecule has 1 N–H and O–H groups in total. The van der Waals surface area contributed by atoms with Crippen molar-refractivity contribution in [3.63, 3.8) is 0 Å². The maximum atomic E-state index is 12.9. The van der Waals surface area contributed by atoms with E-state index in [2.05, 4.69) is 15.9 Å². The lowest BCUT2D eigenvalue weighted by atomic mass is 10.1. The molecule has 0 atom stereocenters. The third-order valence-electron chi connectivity index (χ3n) is 1.65. The van der Waals surface area contributed by atoms with Gasteiger partial charge in [0.05, 0.1) is 0 Å². The van der Waals surface area contributed by atoms with Gasteiger partial charge in [-0.2, -0.15) is 0 Å². The Bertz CT molecular complexity index is 399. The Labute approximate surface area is 89.2 Å². The summed E-state index contributed by atoms with van der Waals surface area (Å²) in [7, 11) is 0. The van der Waals surface area contributed by atoms with Gasteiger partial charge in [0.15, 0.2) is 0 Å². The highest BCUT2D eigenvalue weighted by molar-refractivity contribution is 9.10. The first-order valence-corrected chi connectivity index (χ1v) is 4.66. The molecule has 0 aliphatic heterocycles. The zero-order valence-electron chi connectivity index (χ0n) is 7.42. The zero-order chi connectivity index (χ0) is 10.7. The van der Waals surface area contributed by atoms with Crippen molar-refractivity contribution in [1.29, 1.82) is 0 Å². The number of benzene rings is 1. The van der Waals surface area contributed by atoms with Crippen LogP contribution in [0.3, 0.4) is 0 Å². The van der Waals surface area contributed by atoms with Crippen molar-refractivity contribution in [2.24, 2.45) is 0 Å². The Kier molecular flexibility index (Phi) is 3.41. The molecule has 0 heterocycles. The smallest absolute Gasteiger partial charge is 0.328 e. The molecule has 2 nitrogen and oxygen atoms in total. The van der Waals surface area contributed by atoms with Crippen molar-refractivity contribution in [2.75, 3.05) is 0 Å². The maximum Gasteiger partial charge on any atom is 0.328 e. The molecule has 0 saturated carbocycles. The first kappa shape index (κ1) is 10.9. The molecule has 0 radical (unpaired) electrons. The van der Waals surface area contributed by atoms with Crippen LogP contribution in [0.15, 0.2) is 22.7 Å². The third kappa shape index (κ3) is 2.67. The van der Waals surface area contributed by atoms with E-state index in [1.54, 1.807) is 6.92 Å². The van der Waals surface area contributed by atoms with Crippen LogP contribution in [0.25, 0.3) is 6.08 Å². The van der Waals surface area contributed by atoms with Crippen molar-refractivity contribution < 1.29 is 14.3 Å². The van der Waals surface area contributed by atoms with E-state index in [0.29, 0.717) is 10.0 Å². The van der Waals surface area contributed by atoms with Crippen molar-refractivity contribution in [3.8, 4) is 0 Å². The molecular weight excluding hydrogens is 251 g/mol. The molecule has 0 fully saturated rings. The largest absolute Gasteiger partial charge is 0.478 e. The van der Waals surface area contributed by atoms with Crippen LogP contribution >= 0.6 is 15.9 Å². The van der Waals surface area contributed by atoms with E-state index in [1.165, 1.54) is 18.2 Å².